The van der Waals surface area contributed by atoms with E-state index in [1.807, 2.05) is 53.7 Å². The normalized spacial score (nSPS) is 16.4. The second kappa shape index (κ2) is 10.5. The number of piperazine rings is 1. The fraction of sp³-hybridized carbons (Fsp3) is 0.600. The molecule has 34 heavy (non-hydrogen) atoms. The number of aliphatic hydroxyl groups excluding tert-OH is 1. The van der Waals surface area contributed by atoms with Gasteiger partial charge in [-0.05, 0) is 59.7 Å². The quantitative estimate of drug-likeness (QED) is 0.609. The summed E-state index contributed by atoms with van der Waals surface area (Å²) in [5.41, 5.74) is -1.35. The summed E-state index contributed by atoms with van der Waals surface area (Å²) in [6.07, 6.45) is -0.721. The molecule has 8 nitrogen and oxygen atoms in total. The van der Waals surface area contributed by atoms with Crippen LogP contribution in [-0.2, 0) is 0 Å². The number of hydrogen-bond acceptors (Lipinski definition) is 6. The molecule has 1 fully saturated rings. The first kappa shape index (κ1) is 26.3. The minimum atomic E-state index is -0.804. The summed E-state index contributed by atoms with van der Waals surface area (Å²) >= 11 is 6.05. The standard InChI is InChI=1S/C25H37ClN4O4/c1-17(2)29-22(15-23(32)30(18(3)4)24(29)33)28-12-10-27(11-13-28)16-21(31)25(5,6)34-20-9-7-8-19(26)14-20/h7-9,14-15,17-18,21,31H,10-13,16H2,1-6H3. The first-order valence-corrected chi connectivity index (χ1v) is 12.3. The van der Waals surface area contributed by atoms with Gasteiger partial charge in [-0.3, -0.25) is 18.8 Å². The Labute approximate surface area is 206 Å². The number of aliphatic hydroxyl groups is 1. The lowest BCUT2D eigenvalue weighted by atomic mass is 10.0. The summed E-state index contributed by atoms with van der Waals surface area (Å²) in [4.78, 5) is 30.0. The van der Waals surface area contributed by atoms with Crippen molar-refractivity contribution < 1.29 is 9.84 Å². The Kier molecular flexibility index (Phi) is 8.16. The van der Waals surface area contributed by atoms with Crippen LogP contribution in [0.4, 0.5) is 5.82 Å². The van der Waals surface area contributed by atoms with Crippen molar-refractivity contribution in [2.75, 3.05) is 37.6 Å². The van der Waals surface area contributed by atoms with Gasteiger partial charge in [0.25, 0.3) is 5.56 Å². The zero-order valence-electron chi connectivity index (χ0n) is 21.0. The van der Waals surface area contributed by atoms with Gasteiger partial charge in [-0.2, -0.15) is 0 Å². The molecule has 188 valence electrons. The van der Waals surface area contributed by atoms with E-state index >= 15 is 0 Å². The van der Waals surface area contributed by atoms with Crippen LogP contribution >= 0.6 is 11.6 Å². The van der Waals surface area contributed by atoms with E-state index in [-0.39, 0.29) is 23.3 Å². The molecule has 2 heterocycles. The largest absolute Gasteiger partial charge is 0.485 e. The lowest BCUT2D eigenvalue weighted by molar-refractivity contribution is -0.0449. The highest BCUT2D eigenvalue weighted by atomic mass is 35.5. The maximum Gasteiger partial charge on any atom is 0.333 e. The van der Waals surface area contributed by atoms with Gasteiger partial charge in [0.15, 0.2) is 0 Å². The molecule has 0 aliphatic carbocycles. The molecular formula is C25H37ClN4O4. The number of anilines is 1. The summed E-state index contributed by atoms with van der Waals surface area (Å²) in [5.74, 6) is 1.27. The van der Waals surface area contributed by atoms with E-state index in [4.69, 9.17) is 16.3 Å². The first-order chi connectivity index (χ1) is 15.9. The number of aromatic nitrogens is 2. The van der Waals surface area contributed by atoms with Crippen LogP contribution in [-0.4, -0.2) is 63.6 Å². The monoisotopic (exact) mass is 492 g/mol. The SMILES string of the molecule is CC(C)n1c(N2CCN(CC(O)C(C)(C)Oc3cccc(Cl)c3)CC2)cc(=O)n(C(C)C)c1=O. The number of benzene rings is 1. The summed E-state index contributed by atoms with van der Waals surface area (Å²) in [5, 5.41) is 11.5. The zero-order chi connectivity index (χ0) is 25.2. The molecule has 9 heteroatoms. The third kappa shape index (κ3) is 5.85. The van der Waals surface area contributed by atoms with E-state index in [9.17, 15) is 14.7 Å². The van der Waals surface area contributed by atoms with Crippen molar-refractivity contribution in [3.8, 4) is 5.75 Å². The van der Waals surface area contributed by atoms with E-state index in [1.165, 1.54) is 4.57 Å². The Hall–Kier alpha value is -2.29. The summed E-state index contributed by atoms with van der Waals surface area (Å²) < 4.78 is 9.03. The smallest absolute Gasteiger partial charge is 0.333 e. The Morgan fingerprint density at radius 3 is 2.18 bits per heavy atom. The molecule has 3 rings (SSSR count). The number of halogens is 1. The van der Waals surface area contributed by atoms with Crippen LogP contribution in [0, 0.1) is 0 Å². The second-order valence-corrected chi connectivity index (χ2v) is 10.5. The van der Waals surface area contributed by atoms with Crippen LogP contribution in [0.25, 0.3) is 0 Å². The second-order valence-electron chi connectivity index (χ2n) is 10.0. The van der Waals surface area contributed by atoms with Crippen molar-refractivity contribution in [2.24, 2.45) is 0 Å². The highest BCUT2D eigenvalue weighted by Crippen LogP contribution is 2.25. The zero-order valence-corrected chi connectivity index (χ0v) is 21.7. The summed E-state index contributed by atoms with van der Waals surface area (Å²) in [7, 11) is 0. The average molecular weight is 493 g/mol. The Morgan fingerprint density at radius 2 is 1.62 bits per heavy atom. The molecule has 0 saturated carbocycles. The van der Waals surface area contributed by atoms with E-state index in [2.05, 4.69) is 9.80 Å². The van der Waals surface area contributed by atoms with Crippen molar-refractivity contribution in [1.82, 2.24) is 14.0 Å². The van der Waals surface area contributed by atoms with Crippen molar-refractivity contribution >= 4 is 17.4 Å². The number of nitrogens with zero attached hydrogens (tertiary/aromatic N) is 4. The molecule has 2 aromatic rings. The number of β-amino-alcohol motifs (C(OH)–C–C–N with tert-alkyl or cyclic N) is 1. The van der Waals surface area contributed by atoms with Crippen LogP contribution in [0.3, 0.4) is 0 Å². The first-order valence-electron chi connectivity index (χ1n) is 11.9. The van der Waals surface area contributed by atoms with Crippen LogP contribution in [0.15, 0.2) is 39.9 Å². The molecule has 0 radical (unpaired) electrons. The maximum atomic E-state index is 13.1. The Morgan fingerprint density at radius 1 is 1.00 bits per heavy atom. The molecule has 1 aromatic carbocycles. The van der Waals surface area contributed by atoms with E-state index < -0.39 is 11.7 Å². The fourth-order valence-corrected chi connectivity index (χ4v) is 4.47. The predicted molar refractivity (Wildman–Crippen MR) is 137 cm³/mol. The van der Waals surface area contributed by atoms with Gasteiger partial charge < -0.3 is 14.7 Å². The third-order valence-electron chi connectivity index (χ3n) is 6.29. The lowest BCUT2D eigenvalue weighted by Crippen LogP contribution is -2.54. The van der Waals surface area contributed by atoms with Gasteiger partial charge in [0, 0.05) is 55.9 Å². The van der Waals surface area contributed by atoms with E-state index in [1.54, 1.807) is 22.8 Å². The molecule has 0 bridgehead atoms. The summed E-state index contributed by atoms with van der Waals surface area (Å²) in [6, 6.07) is 8.45. The highest BCUT2D eigenvalue weighted by molar-refractivity contribution is 6.30. The molecular weight excluding hydrogens is 456 g/mol. The van der Waals surface area contributed by atoms with Gasteiger partial charge in [-0.25, -0.2) is 4.79 Å². The average Bonchev–Trinajstić information content (AvgIpc) is 2.73. The van der Waals surface area contributed by atoms with Crippen LogP contribution in [0.1, 0.15) is 53.6 Å². The number of hydrogen-bond donors (Lipinski definition) is 1. The van der Waals surface area contributed by atoms with Gasteiger partial charge in [0.2, 0.25) is 0 Å². The third-order valence-corrected chi connectivity index (χ3v) is 6.52. The van der Waals surface area contributed by atoms with Crippen molar-refractivity contribution in [1.29, 1.82) is 0 Å². The topological polar surface area (TPSA) is 79.9 Å². The Bertz CT molecular complexity index is 1100. The number of rotatable bonds is 8. The fourth-order valence-electron chi connectivity index (χ4n) is 4.29. The minimum Gasteiger partial charge on any atom is -0.485 e. The minimum absolute atomic E-state index is 0.0719. The van der Waals surface area contributed by atoms with Crippen LogP contribution in [0.2, 0.25) is 5.02 Å². The molecule has 1 aromatic heterocycles. The predicted octanol–water partition coefficient (Wildman–Crippen LogP) is 3.17. The van der Waals surface area contributed by atoms with Gasteiger partial charge >= 0.3 is 5.69 Å². The number of ether oxygens (including phenoxy) is 1. The molecule has 1 saturated heterocycles. The Balaban J connectivity index is 1.68. The van der Waals surface area contributed by atoms with Crippen molar-refractivity contribution in [3.63, 3.8) is 0 Å². The summed E-state index contributed by atoms with van der Waals surface area (Å²) in [6.45, 7) is 14.5. The van der Waals surface area contributed by atoms with E-state index in [0.29, 0.717) is 49.3 Å². The van der Waals surface area contributed by atoms with Gasteiger partial charge in [0.1, 0.15) is 23.3 Å². The van der Waals surface area contributed by atoms with Gasteiger partial charge in [-0.1, -0.05) is 17.7 Å². The molecule has 0 spiro atoms. The van der Waals surface area contributed by atoms with E-state index in [0.717, 1.165) is 0 Å². The molecule has 1 aliphatic rings. The highest BCUT2D eigenvalue weighted by Gasteiger charge is 2.33. The molecule has 1 N–H and O–H groups in total. The van der Waals surface area contributed by atoms with Crippen molar-refractivity contribution in [2.45, 2.75) is 65.3 Å². The maximum absolute atomic E-state index is 13.1. The molecule has 1 unspecified atom stereocenters. The van der Waals surface area contributed by atoms with Gasteiger partial charge in [0.05, 0.1) is 0 Å². The molecule has 1 aliphatic heterocycles. The van der Waals surface area contributed by atoms with Gasteiger partial charge in [-0.15, -0.1) is 0 Å². The van der Waals surface area contributed by atoms with Crippen molar-refractivity contribution in [3.05, 3.63) is 56.2 Å². The van der Waals surface area contributed by atoms with Crippen LogP contribution < -0.4 is 20.9 Å². The van der Waals surface area contributed by atoms with Crippen LogP contribution in [0.5, 0.6) is 5.75 Å². The lowest BCUT2D eigenvalue weighted by Gasteiger charge is -2.40. The molecule has 1 atom stereocenters. The molecule has 0 amide bonds.